The van der Waals surface area contributed by atoms with Crippen LogP contribution in [0.3, 0.4) is 0 Å². The number of aromatic nitrogens is 1. The lowest BCUT2D eigenvalue weighted by Crippen LogP contribution is -2.18. The Kier molecular flexibility index (Phi) is 3.67. The lowest BCUT2D eigenvalue weighted by atomic mass is 10.2. The second kappa shape index (κ2) is 5.40. The summed E-state index contributed by atoms with van der Waals surface area (Å²) in [6.45, 7) is 0.723. The van der Waals surface area contributed by atoms with Gasteiger partial charge in [-0.05, 0) is 12.1 Å². The highest BCUT2D eigenvalue weighted by atomic mass is 16.5. The summed E-state index contributed by atoms with van der Waals surface area (Å²) in [4.78, 5) is 6.33. The fraction of sp³-hybridized carbons (Fsp3) is 0.214. The first kappa shape index (κ1) is 12.2. The molecule has 0 radical (unpaired) electrons. The molecule has 18 heavy (non-hydrogen) atoms. The van der Waals surface area contributed by atoms with E-state index in [0.29, 0.717) is 5.69 Å². The Morgan fingerprint density at radius 1 is 1.28 bits per heavy atom. The summed E-state index contributed by atoms with van der Waals surface area (Å²) in [6, 6.07) is 11.6. The van der Waals surface area contributed by atoms with E-state index in [2.05, 4.69) is 4.98 Å². The third kappa shape index (κ3) is 2.71. The molecule has 0 fully saturated rings. The third-order valence-corrected chi connectivity index (χ3v) is 2.76. The molecule has 0 unspecified atom stereocenters. The smallest absolute Gasteiger partial charge is 0.130 e. The van der Waals surface area contributed by atoms with Gasteiger partial charge < -0.3 is 15.4 Å². The minimum absolute atomic E-state index is 0.715. The Morgan fingerprint density at radius 3 is 2.78 bits per heavy atom. The molecule has 2 aromatic rings. The average Bonchev–Trinajstić information content (AvgIpc) is 2.39. The molecule has 4 nitrogen and oxygen atoms in total. The second-order valence-electron chi connectivity index (χ2n) is 4.12. The van der Waals surface area contributed by atoms with Crippen LogP contribution in [0.4, 0.5) is 11.5 Å². The predicted molar refractivity (Wildman–Crippen MR) is 73.8 cm³/mol. The molecule has 2 rings (SSSR count). The molecule has 94 valence electrons. The molecule has 2 N–H and O–H groups in total. The summed E-state index contributed by atoms with van der Waals surface area (Å²) >= 11 is 0. The zero-order valence-electron chi connectivity index (χ0n) is 10.6. The number of nitrogens with zero attached hydrogens (tertiary/aromatic N) is 2. The van der Waals surface area contributed by atoms with E-state index in [1.165, 1.54) is 0 Å². The van der Waals surface area contributed by atoms with Crippen molar-refractivity contribution in [3.05, 3.63) is 48.2 Å². The summed E-state index contributed by atoms with van der Waals surface area (Å²) in [6.07, 6.45) is 1.71. The zero-order valence-corrected chi connectivity index (χ0v) is 10.6. The van der Waals surface area contributed by atoms with Crippen molar-refractivity contribution in [2.45, 2.75) is 6.54 Å². The van der Waals surface area contributed by atoms with Gasteiger partial charge in [-0.15, -0.1) is 0 Å². The summed E-state index contributed by atoms with van der Waals surface area (Å²) in [5.74, 6) is 1.73. The van der Waals surface area contributed by atoms with E-state index in [-0.39, 0.29) is 0 Å². The maximum absolute atomic E-state index is 5.75. The molecule has 0 spiro atoms. The lowest BCUT2D eigenvalue weighted by molar-refractivity contribution is 0.409. The Balaban J connectivity index is 2.18. The highest BCUT2D eigenvalue weighted by molar-refractivity contribution is 5.50. The highest BCUT2D eigenvalue weighted by Crippen LogP contribution is 2.21. The van der Waals surface area contributed by atoms with E-state index < -0.39 is 0 Å². The number of methoxy groups -OCH3 is 1. The van der Waals surface area contributed by atoms with Crippen LogP contribution in [0.2, 0.25) is 0 Å². The third-order valence-electron chi connectivity index (χ3n) is 2.76. The number of rotatable bonds is 4. The van der Waals surface area contributed by atoms with Gasteiger partial charge in [0.2, 0.25) is 0 Å². The first-order valence-corrected chi connectivity index (χ1v) is 5.75. The van der Waals surface area contributed by atoms with E-state index in [1.807, 2.05) is 42.3 Å². The number of nitrogens with two attached hydrogens (primary N) is 1. The first-order valence-electron chi connectivity index (χ1n) is 5.75. The van der Waals surface area contributed by atoms with Gasteiger partial charge in [0, 0.05) is 37.1 Å². The topological polar surface area (TPSA) is 51.4 Å². The first-order chi connectivity index (χ1) is 8.70. The van der Waals surface area contributed by atoms with Crippen molar-refractivity contribution in [1.82, 2.24) is 4.98 Å². The van der Waals surface area contributed by atoms with Crippen molar-refractivity contribution in [2.75, 3.05) is 24.8 Å². The number of nitrogen functional groups attached to an aromatic ring is 1. The van der Waals surface area contributed by atoms with E-state index in [4.69, 9.17) is 10.5 Å². The van der Waals surface area contributed by atoms with Gasteiger partial charge in [-0.1, -0.05) is 18.2 Å². The van der Waals surface area contributed by atoms with Crippen molar-refractivity contribution in [3.63, 3.8) is 0 Å². The quantitative estimate of drug-likeness (QED) is 0.895. The number of para-hydroxylation sites is 1. The molecular formula is C14H17N3O. The van der Waals surface area contributed by atoms with Gasteiger partial charge in [0.05, 0.1) is 7.11 Å². The fourth-order valence-corrected chi connectivity index (χ4v) is 1.81. The minimum Gasteiger partial charge on any atom is -0.496 e. The summed E-state index contributed by atoms with van der Waals surface area (Å²) in [5.41, 5.74) is 7.59. The van der Waals surface area contributed by atoms with Crippen molar-refractivity contribution in [3.8, 4) is 5.75 Å². The Labute approximate surface area is 107 Å². The molecule has 0 saturated heterocycles. The number of benzene rings is 1. The lowest BCUT2D eigenvalue weighted by Gasteiger charge is -2.19. The highest BCUT2D eigenvalue weighted by Gasteiger charge is 2.07. The van der Waals surface area contributed by atoms with Crippen LogP contribution in [0.5, 0.6) is 5.75 Å². The number of hydrogen-bond donors (Lipinski definition) is 1. The van der Waals surface area contributed by atoms with Gasteiger partial charge >= 0.3 is 0 Å². The zero-order chi connectivity index (χ0) is 13.0. The molecule has 0 aliphatic heterocycles. The number of ether oxygens (including phenoxy) is 1. The molecule has 1 heterocycles. The summed E-state index contributed by atoms with van der Waals surface area (Å²) < 4.78 is 5.33. The molecule has 4 heteroatoms. The van der Waals surface area contributed by atoms with Crippen molar-refractivity contribution >= 4 is 11.5 Å². The van der Waals surface area contributed by atoms with E-state index in [1.54, 1.807) is 19.4 Å². The van der Waals surface area contributed by atoms with Crippen molar-refractivity contribution in [2.24, 2.45) is 0 Å². The molecule has 0 bridgehead atoms. The molecule has 0 atom stereocenters. The largest absolute Gasteiger partial charge is 0.496 e. The van der Waals surface area contributed by atoms with E-state index in [0.717, 1.165) is 23.7 Å². The van der Waals surface area contributed by atoms with Crippen LogP contribution in [-0.4, -0.2) is 19.1 Å². The average molecular weight is 243 g/mol. The van der Waals surface area contributed by atoms with Crippen molar-refractivity contribution < 1.29 is 4.74 Å². The summed E-state index contributed by atoms with van der Waals surface area (Å²) in [7, 11) is 3.66. The van der Waals surface area contributed by atoms with Crippen LogP contribution in [0, 0.1) is 0 Å². The molecular weight excluding hydrogens is 226 g/mol. The van der Waals surface area contributed by atoms with Crippen LogP contribution in [0.15, 0.2) is 42.6 Å². The Morgan fingerprint density at radius 2 is 2.06 bits per heavy atom. The molecule has 0 amide bonds. The predicted octanol–water partition coefficient (Wildman–Crippen LogP) is 2.31. The van der Waals surface area contributed by atoms with Gasteiger partial charge in [0.1, 0.15) is 11.6 Å². The number of hydrogen-bond acceptors (Lipinski definition) is 4. The Hall–Kier alpha value is -2.23. The molecule has 0 aliphatic carbocycles. The summed E-state index contributed by atoms with van der Waals surface area (Å²) in [5, 5.41) is 0. The monoisotopic (exact) mass is 243 g/mol. The fourth-order valence-electron chi connectivity index (χ4n) is 1.81. The van der Waals surface area contributed by atoms with Crippen LogP contribution < -0.4 is 15.4 Å². The van der Waals surface area contributed by atoms with Gasteiger partial charge in [0.25, 0.3) is 0 Å². The van der Waals surface area contributed by atoms with E-state index in [9.17, 15) is 0 Å². The van der Waals surface area contributed by atoms with Gasteiger partial charge in [-0.25, -0.2) is 4.98 Å². The molecule has 1 aromatic carbocycles. The van der Waals surface area contributed by atoms with Crippen LogP contribution in [0.25, 0.3) is 0 Å². The van der Waals surface area contributed by atoms with Crippen LogP contribution in [-0.2, 0) is 6.54 Å². The minimum atomic E-state index is 0.715. The Bertz CT molecular complexity index is 528. The molecule has 0 saturated carbocycles. The van der Waals surface area contributed by atoms with Gasteiger partial charge in [-0.2, -0.15) is 0 Å². The maximum atomic E-state index is 5.75. The van der Waals surface area contributed by atoms with Crippen molar-refractivity contribution in [1.29, 1.82) is 0 Å². The number of pyridine rings is 1. The second-order valence-corrected chi connectivity index (χ2v) is 4.12. The SMILES string of the molecule is COc1ccccc1CN(C)c1cc(N)ccn1. The normalized spacial score (nSPS) is 10.1. The van der Waals surface area contributed by atoms with E-state index >= 15 is 0 Å². The number of anilines is 2. The van der Waals surface area contributed by atoms with Gasteiger partial charge in [-0.3, -0.25) is 0 Å². The standard InChI is InChI=1S/C14H17N3O/c1-17(14-9-12(15)7-8-16-14)10-11-5-3-4-6-13(11)18-2/h3-9H,10H2,1-2H3,(H2,15,16). The maximum Gasteiger partial charge on any atom is 0.130 e. The van der Waals surface area contributed by atoms with Gasteiger partial charge in [0.15, 0.2) is 0 Å². The molecule has 1 aromatic heterocycles. The van der Waals surface area contributed by atoms with Crippen LogP contribution >= 0.6 is 0 Å². The van der Waals surface area contributed by atoms with Crippen LogP contribution in [0.1, 0.15) is 5.56 Å². The molecule has 0 aliphatic rings.